The third-order valence-corrected chi connectivity index (χ3v) is 1.50. The van der Waals surface area contributed by atoms with Crippen molar-refractivity contribution in [3.8, 4) is 0 Å². The van der Waals surface area contributed by atoms with Crippen LogP contribution in [0.5, 0.6) is 0 Å². The van der Waals surface area contributed by atoms with Gasteiger partial charge < -0.3 is 4.42 Å². The van der Waals surface area contributed by atoms with E-state index in [2.05, 4.69) is 0 Å². The lowest BCUT2D eigenvalue weighted by Gasteiger charge is -1.89. The monoisotopic (exact) mass is 164 g/mol. The lowest BCUT2D eigenvalue weighted by Crippen LogP contribution is -1.93. The maximum atomic E-state index is 11.2. The maximum Gasteiger partial charge on any atom is 0.201 e. The van der Waals surface area contributed by atoms with Crippen LogP contribution in [0.3, 0.4) is 0 Å². The summed E-state index contributed by atoms with van der Waals surface area (Å²) in [7, 11) is 0. The van der Waals surface area contributed by atoms with Crippen molar-refractivity contribution in [2.24, 2.45) is 0 Å². The molecule has 1 heterocycles. The zero-order valence-electron chi connectivity index (χ0n) is 7.12. The van der Waals surface area contributed by atoms with E-state index in [0.29, 0.717) is 12.2 Å². The maximum absolute atomic E-state index is 11.2. The van der Waals surface area contributed by atoms with E-state index < -0.39 is 0 Å². The fourth-order valence-electron chi connectivity index (χ4n) is 0.895. The van der Waals surface area contributed by atoms with E-state index >= 15 is 0 Å². The average molecular weight is 164 g/mol. The Morgan fingerprint density at radius 2 is 2.42 bits per heavy atom. The lowest BCUT2D eigenvalue weighted by atomic mass is 10.2. The van der Waals surface area contributed by atoms with Gasteiger partial charge in [0.2, 0.25) is 5.78 Å². The van der Waals surface area contributed by atoms with E-state index in [-0.39, 0.29) is 5.78 Å². The van der Waals surface area contributed by atoms with Crippen molar-refractivity contribution in [2.45, 2.75) is 19.8 Å². The topological polar surface area (TPSA) is 30.2 Å². The Kier molecular flexibility index (Phi) is 3.33. The van der Waals surface area contributed by atoms with Crippen LogP contribution in [-0.2, 0) is 0 Å². The van der Waals surface area contributed by atoms with Crippen LogP contribution in [0.2, 0.25) is 0 Å². The van der Waals surface area contributed by atoms with Gasteiger partial charge in [0.25, 0.3) is 0 Å². The SMILES string of the molecule is CCC=CCC(=O)c1ccco1. The Labute approximate surface area is 71.9 Å². The van der Waals surface area contributed by atoms with Gasteiger partial charge in [0.1, 0.15) is 0 Å². The summed E-state index contributed by atoms with van der Waals surface area (Å²) in [5, 5.41) is 0. The minimum atomic E-state index is 0.0321. The van der Waals surface area contributed by atoms with Gasteiger partial charge in [-0.15, -0.1) is 0 Å². The standard InChI is InChI=1S/C10H12O2/c1-2-3-4-6-9(11)10-7-5-8-12-10/h3-5,7-8H,2,6H2,1H3. The van der Waals surface area contributed by atoms with Gasteiger partial charge in [-0.05, 0) is 18.6 Å². The highest BCUT2D eigenvalue weighted by atomic mass is 16.3. The van der Waals surface area contributed by atoms with Crippen LogP contribution in [-0.4, -0.2) is 5.78 Å². The van der Waals surface area contributed by atoms with Gasteiger partial charge in [-0.3, -0.25) is 4.79 Å². The van der Waals surface area contributed by atoms with E-state index in [9.17, 15) is 4.79 Å². The lowest BCUT2D eigenvalue weighted by molar-refractivity contribution is 0.0969. The molecule has 1 aromatic rings. The fourth-order valence-corrected chi connectivity index (χ4v) is 0.895. The zero-order chi connectivity index (χ0) is 8.81. The van der Waals surface area contributed by atoms with Crippen molar-refractivity contribution in [1.29, 1.82) is 0 Å². The molecule has 12 heavy (non-hydrogen) atoms. The Morgan fingerprint density at radius 1 is 1.58 bits per heavy atom. The summed E-state index contributed by atoms with van der Waals surface area (Å²) in [6.07, 6.45) is 6.75. The number of carbonyl (C=O) groups is 1. The van der Waals surface area contributed by atoms with Crippen LogP contribution in [0.15, 0.2) is 35.0 Å². The van der Waals surface area contributed by atoms with Crippen LogP contribution in [0, 0.1) is 0 Å². The molecule has 0 spiro atoms. The normalized spacial score (nSPS) is 10.8. The van der Waals surface area contributed by atoms with E-state index in [1.807, 2.05) is 19.1 Å². The highest BCUT2D eigenvalue weighted by Crippen LogP contribution is 2.04. The molecular weight excluding hydrogens is 152 g/mol. The molecule has 0 saturated carbocycles. The number of hydrogen-bond donors (Lipinski definition) is 0. The molecule has 64 valence electrons. The molecule has 0 aliphatic heterocycles. The van der Waals surface area contributed by atoms with Gasteiger partial charge in [-0.1, -0.05) is 19.1 Å². The van der Waals surface area contributed by atoms with Crippen molar-refractivity contribution in [2.75, 3.05) is 0 Å². The summed E-state index contributed by atoms with van der Waals surface area (Å²) in [5.41, 5.74) is 0. The molecule has 0 fully saturated rings. The molecule has 0 aliphatic carbocycles. The number of ketones is 1. The molecule has 0 radical (unpaired) electrons. The molecule has 0 amide bonds. The van der Waals surface area contributed by atoms with E-state index in [1.165, 1.54) is 6.26 Å². The summed E-state index contributed by atoms with van der Waals surface area (Å²) in [4.78, 5) is 11.2. The largest absolute Gasteiger partial charge is 0.461 e. The number of carbonyl (C=O) groups excluding carboxylic acids is 1. The van der Waals surface area contributed by atoms with Crippen LogP contribution in [0.4, 0.5) is 0 Å². The van der Waals surface area contributed by atoms with Crippen molar-refractivity contribution in [3.05, 3.63) is 36.3 Å². The van der Waals surface area contributed by atoms with E-state index in [1.54, 1.807) is 12.1 Å². The van der Waals surface area contributed by atoms with Crippen molar-refractivity contribution in [3.63, 3.8) is 0 Å². The number of furan rings is 1. The number of rotatable bonds is 4. The molecule has 2 heteroatoms. The second-order valence-electron chi connectivity index (χ2n) is 2.48. The summed E-state index contributed by atoms with van der Waals surface area (Å²) < 4.78 is 4.94. The highest BCUT2D eigenvalue weighted by Gasteiger charge is 2.04. The Balaban J connectivity index is 2.45. The van der Waals surface area contributed by atoms with Crippen LogP contribution < -0.4 is 0 Å². The second kappa shape index (κ2) is 4.54. The Bertz CT molecular complexity index is 257. The van der Waals surface area contributed by atoms with Crippen LogP contribution >= 0.6 is 0 Å². The Morgan fingerprint density at radius 3 is 3.00 bits per heavy atom. The minimum absolute atomic E-state index is 0.0321. The molecule has 0 bridgehead atoms. The molecule has 0 N–H and O–H groups in total. The van der Waals surface area contributed by atoms with Gasteiger partial charge in [0.05, 0.1) is 6.26 Å². The first-order valence-corrected chi connectivity index (χ1v) is 4.06. The molecule has 0 aromatic carbocycles. The fraction of sp³-hybridized carbons (Fsp3) is 0.300. The van der Waals surface area contributed by atoms with Gasteiger partial charge in [0.15, 0.2) is 5.76 Å². The van der Waals surface area contributed by atoms with Gasteiger partial charge in [-0.2, -0.15) is 0 Å². The molecular formula is C10H12O2. The first-order chi connectivity index (χ1) is 5.84. The smallest absolute Gasteiger partial charge is 0.201 e. The second-order valence-corrected chi connectivity index (χ2v) is 2.48. The molecule has 1 rings (SSSR count). The zero-order valence-corrected chi connectivity index (χ0v) is 7.12. The van der Waals surface area contributed by atoms with Gasteiger partial charge in [0, 0.05) is 6.42 Å². The van der Waals surface area contributed by atoms with E-state index in [4.69, 9.17) is 4.42 Å². The molecule has 2 nitrogen and oxygen atoms in total. The summed E-state index contributed by atoms with van der Waals surface area (Å²) >= 11 is 0. The minimum Gasteiger partial charge on any atom is -0.461 e. The van der Waals surface area contributed by atoms with Gasteiger partial charge in [-0.25, -0.2) is 0 Å². The number of hydrogen-bond acceptors (Lipinski definition) is 2. The first kappa shape index (κ1) is 8.78. The van der Waals surface area contributed by atoms with E-state index in [0.717, 1.165) is 6.42 Å². The van der Waals surface area contributed by atoms with Crippen molar-refractivity contribution in [1.82, 2.24) is 0 Å². The molecule has 0 unspecified atom stereocenters. The van der Waals surface area contributed by atoms with Gasteiger partial charge >= 0.3 is 0 Å². The molecule has 1 aromatic heterocycles. The third-order valence-electron chi connectivity index (χ3n) is 1.50. The molecule has 0 atom stereocenters. The predicted molar refractivity (Wildman–Crippen MR) is 47.1 cm³/mol. The first-order valence-electron chi connectivity index (χ1n) is 4.06. The quantitative estimate of drug-likeness (QED) is 0.506. The summed E-state index contributed by atoms with van der Waals surface area (Å²) in [6.45, 7) is 2.04. The van der Waals surface area contributed by atoms with Crippen LogP contribution in [0.1, 0.15) is 30.3 Å². The summed E-state index contributed by atoms with van der Waals surface area (Å²) in [6, 6.07) is 3.40. The summed E-state index contributed by atoms with van der Waals surface area (Å²) in [5.74, 6) is 0.473. The highest BCUT2D eigenvalue weighted by molar-refractivity contribution is 5.94. The Hall–Kier alpha value is -1.31. The van der Waals surface area contributed by atoms with Crippen LogP contribution in [0.25, 0.3) is 0 Å². The van der Waals surface area contributed by atoms with Crippen molar-refractivity contribution < 1.29 is 9.21 Å². The predicted octanol–water partition coefficient (Wildman–Crippen LogP) is 2.82. The number of Topliss-reactive ketones (excluding diaryl/α,β-unsaturated/α-hetero) is 1. The number of allylic oxidation sites excluding steroid dienone is 2. The average Bonchev–Trinajstić information content (AvgIpc) is 2.56. The third kappa shape index (κ3) is 2.38. The van der Waals surface area contributed by atoms with Crippen molar-refractivity contribution >= 4 is 5.78 Å². The molecule has 0 aliphatic rings. The molecule has 0 saturated heterocycles.